The quantitative estimate of drug-likeness (QED) is 0.228. The number of nitrogens with one attached hydrogen (secondary N) is 2. The molecule has 1 aliphatic heterocycles. The van der Waals surface area contributed by atoms with Crippen molar-refractivity contribution in [3.8, 4) is 11.8 Å². The van der Waals surface area contributed by atoms with Crippen LogP contribution in [-0.2, 0) is 0 Å². The van der Waals surface area contributed by atoms with Crippen LogP contribution in [0.25, 0.3) is 0 Å². The third-order valence-electron chi connectivity index (χ3n) is 5.10. The number of rotatable bonds is 8. The predicted octanol–water partition coefficient (Wildman–Crippen LogP) is 4.00. The molecule has 0 unspecified atom stereocenters. The summed E-state index contributed by atoms with van der Waals surface area (Å²) in [5.74, 6) is 5.90. The van der Waals surface area contributed by atoms with Gasteiger partial charge in [0.2, 0.25) is 11.9 Å². The van der Waals surface area contributed by atoms with Gasteiger partial charge in [0.15, 0.2) is 0 Å². The van der Waals surface area contributed by atoms with Crippen molar-refractivity contribution in [2.24, 2.45) is 0 Å². The first kappa shape index (κ1) is 22.9. The molecule has 0 fully saturated rings. The summed E-state index contributed by atoms with van der Waals surface area (Å²) in [6, 6.07) is 9.72. The molecule has 9 heteroatoms. The Kier molecular flexibility index (Phi) is 7.08. The lowest BCUT2D eigenvalue weighted by Gasteiger charge is -2.12. The number of fused-ring (bicyclic) bond motifs is 1. The SMILES string of the molecule is CCCNc1nc(Nc2ccnc(F)c2)ncc1C#CCCCN1C(=O)c2ccccc2C1=O. The minimum Gasteiger partial charge on any atom is -0.369 e. The largest absolute Gasteiger partial charge is 0.369 e. The molecule has 0 saturated heterocycles. The fourth-order valence-corrected chi connectivity index (χ4v) is 3.45. The molecule has 0 saturated carbocycles. The summed E-state index contributed by atoms with van der Waals surface area (Å²) in [6.07, 6.45) is 4.91. The number of hydrogen-bond donors (Lipinski definition) is 2. The average molecular weight is 458 g/mol. The number of pyridine rings is 1. The minimum atomic E-state index is -0.599. The van der Waals surface area contributed by atoms with E-state index in [0.717, 1.165) is 6.42 Å². The Balaban J connectivity index is 1.39. The van der Waals surface area contributed by atoms with E-state index < -0.39 is 5.95 Å². The summed E-state index contributed by atoms with van der Waals surface area (Å²) in [7, 11) is 0. The third-order valence-corrected chi connectivity index (χ3v) is 5.10. The molecule has 3 heterocycles. The molecule has 0 radical (unpaired) electrons. The highest BCUT2D eigenvalue weighted by Gasteiger charge is 2.34. The summed E-state index contributed by atoms with van der Waals surface area (Å²) in [5.41, 5.74) is 2.01. The number of hydrogen-bond acceptors (Lipinski definition) is 7. The van der Waals surface area contributed by atoms with E-state index in [1.165, 1.54) is 17.2 Å². The highest BCUT2D eigenvalue weighted by atomic mass is 19.1. The second-order valence-electron chi connectivity index (χ2n) is 7.59. The van der Waals surface area contributed by atoms with Gasteiger partial charge in [0, 0.05) is 37.5 Å². The molecule has 0 spiro atoms. The number of anilines is 3. The highest BCUT2D eigenvalue weighted by Crippen LogP contribution is 2.22. The van der Waals surface area contributed by atoms with Crippen LogP contribution in [0, 0.1) is 17.8 Å². The fraction of sp³-hybridized carbons (Fsp3) is 0.240. The number of halogens is 1. The average Bonchev–Trinajstić information content (AvgIpc) is 3.08. The lowest BCUT2D eigenvalue weighted by molar-refractivity contribution is 0.0653. The van der Waals surface area contributed by atoms with E-state index in [-0.39, 0.29) is 11.8 Å². The first-order valence-corrected chi connectivity index (χ1v) is 11.0. The lowest BCUT2D eigenvalue weighted by Crippen LogP contribution is -2.30. The molecular weight excluding hydrogens is 435 g/mol. The first-order chi connectivity index (χ1) is 16.6. The van der Waals surface area contributed by atoms with Gasteiger partial charge in [-0.1, -0.05) is 30.9 Å². The molecule has 1 aromatic carbocycles. The van der Waals surface area contributed by atoms with Crippen molar-refractivity contribution in [2.45, 2.75) is 26.2 Å². The third kappa shape index (κ3) is 5.18. The van der Waals surface area contributed by atoms with Crippen molar-refractivity contribution in [3.05, 3.63) is 71.4 Å². The van der Waals surface area contributed by atoms with E-state index in [1.807, 2.05) is 6.92 Å². The normalized spacial score (nSPS) is 12.2. The van der Waals surface area contributed by atoms with Gasteiger partial charge in [-0.25, -0.2) is 9.97 Å². The molecule has 2 aromatic heterocycles. The van der Waals surface area contributed by atoms with Crippen molar-refractivity contribution in [3.63, 3.8) is 0 Å². The van der Waals surface area contributed by atoms with Crippen LogP contribution in [0.15, 0.2) is 48.8 Å². The predicted molar refractivity (Wildman–Crippen MR) is 126 cm³/mol. The van der Waals surface area contributed by atoms with Crippen molar-refractivity contribution in [1.82, 2.24) is 19.9 Å². The van der Waals surface area contributed by atoms with Gasteiger partial charge in [0.1, 0.15) is 5.82 Å². The zero-order chi connectivity index (χ0) is 23.9. The zero-order valence-corrected chi connectivity index (χ0v) is 18.6. The molecule has 0 bridgehead atoms. The van der Waals surface area contributed by atoms with Crippen LogP contribution in [0.3, 0.4) is 0 Å². The van der Waals surface area contributed by atoms with Crippen LogP contribution < -0.4 is 10.6 Å². The number of benzene rings is 1. The maximum atomic E-state index is 13.3. The summed E-state index contributed by atoms with van der Waals surface area (Å²) < 4.78 is 13.3. The smallest absolute Gasteiger partial charge is 0.261 e. The van der Waals surface area contributed by atoms with Crippen molar-refractivity contribution < 1.29 is 14.0 Å². The molecule has 1 aliphatic rings. The van der Waals surface area contributed by atoms with Gasteiger partial charge >= 0.3 is 0 Å². The van der Waals surface area contributed by atoms with E-state index >= 15 is 0 Å². The standard InChI is InChI=1S/C25H23FN6O2/c1-2-12-28-22-17(16-29-25(31-22)30-18-11-13-27-21(26)15-18)8-4-3-7-14-32-23(33)19-9-5-6-10-20(19)24(32)34/h5-6,9-11,13,15-16H,2-3,7,12,14H2,1H3,(H2,27,28,29,30,31). The Labute approximate surface area is 196 Å². The summed E-state index contributed by atoms with van der Waals surface area (Å²) in [4.78, 5) is 38.4. The van der Waals surface area contributed by atoms with E-state index in [9.17, 15) is 14.0 Å². The molecule has 34 heavy (non-hydrogen) atoms. The molecule has 2 N–H and O–H groups in total. The second kappa shape index (κ2) is 10.5. The Morgan fingerprint density at radius 3 is 2.56 bits per heavy atom. The minimum absolute atomic E-state index is 0.259. The van der Waals surface area contributed by atoms with Gasteiger partial charge in [-0.15, -0.1) is 0 Å². The van der Waals surface area contributed by atoms with E-state index in [2.05, 4.69) is 37.4 Å². The van der Waals surface area contributed by atoms with Crippen LogP contribution in [0.5, 0.6) is 0 Å². The molecule has 2 amide bonds. The van der Waals surface area contributed by atoms with E-state index in [4.69, 9.17) is 0 Å². The van der Waals surface area contributed by atoms with Crippen molar-refractivity contribution in [1.29, 1.82) is 0 Å². The maximum Gasteiger partial charge on any atom is 0.261 e. The van der Waals surface area contributed by atoms with Gasteiger partial charge < -0.3 is 10.6 Å². The van der Waals surface area contributed by atoms with Crippen LogP contribution in [0.1, 0.15) is 52.5 Å². The van der Waals surface area contributed by atoms with Crippen molar-refractivity contribution >= 4 is 29.3 Å². The molecule has 4 rings (SSSR count). The number of unbranched alkanes of at least 4 members (excludes halogenated alkanes) is 1. The Hall–Kier alpha value is -4.32. The highest BCUT2D eigenvalue weighted by molar-refractivity contribution is 6.21. The number of imide groups is 1. The molecule has 0 atom stereocenters. The number of amides is 2. The van der Waals surface area contributed by atoms with Crippen LogP contribution in [-0.4, -0.2) is 44.8 Å². The Morgan fingerprint density at radius 2 is 1.85 bits per heavy atom. The topological polar surface area (TPSA) is 100 Å². The Bertz CT molecular complexity index is 1250. The van der Waals surface area contributed by atoms with Crippen LogP contribution >= 0.6 is 0 Å². The second-order valence-corrected chi connectivity index (χ2v) is 7.59. The number of carbonyl (C=O) groups is 2. The first-order valence-electron chi connectivity index (χ1n) is 11.0. The molecule has 3 aromatic rings. The molecule has 0 aliphatic carbocycles. The summed E-state index contributed by atoms with van der Waals surface area (Å²) in [5, 5.41) is 6.18. The fourth-order valence-electron chi connectivity index (χ4n) is 3.45. The number of aromatic nitrogens is 3. The summed E-state index contributed by atoms with van der Waals surface area (Å²) in [6.45, 7) is 3.05. The monoisotopic (exact) mass is 458 g/mol. The number of carbonyl (C=O) groups excluding carboxylic acids is 2. The molecule has 172 valence electrons. The van der Waals surface area contributed by atoms with Crippen LogP contribution in [0.2, 0.25) is 0 Å². The Morgan fingerprint density at radius 1 is 1.09 bits per heavy atom. The van der Waals surface area contributed by atoms with Gasteiger partial charge in [-0.2, -0.15) is 9.37 Å². The van der Waals surface area contributed by atoms with E-state index in [0.29, 0.717) is 60.1 Å². The summed E-state index contributed by atoms with van der Waals surface area (Å²) >= 11 is 0. The van der Waals surface area contributed by atoms with Gasteiger partial charge in [0.25, 0.3) is 11.8 Å². The van der Waals surface area contributed by atoms with E-state index in [1.54, 1.807) is 36.5 Å². The molecular formula is C25H23FN6O2. The van der Waals surface area contributed by atoms with Crippen LogP contribution in [0.4, 0.5) is 21.8 Å². The number of nitrogens with zero attached hydrogens (tertiary/aromatic N) is 4. The van der Waals surface area contributed by atoms with Gasteiger partial charge in [-0.3, -0.25) is 14.5 Å². The zero-order valence-electron chi connectivity index (χ0n) is 18.6. The maximum absolute atomic E-state index is 13.3. The van der Waals surface area contributed by atoms with Crippen molar-refractivity contribution in [2.75, 3.05) is 23.7 Å². The van der Waals surface area contributed by atoms with Gasteiger partial charge in [0.05, 0.1) is 22.9 Å². The van der Waals surface area contributed by atoms with Gasteiger partial charge in [-0.05, 0) is 31.0 Å². The molecule has 8 nitrogen and oxygen atoms in total. The lowest BCUT2D eigenvalue weighted by atomic mass is 10.1.